The number of nitrogens with zero attached hydrogens (tertiary/aromatic N) is 1. The number of likely N-dealkylation sites (N-methyl/N-ethyl adjacent to an activating group) is 1. The average molecular weight is 241 g/mol. The Morgan fingerprint density at radius 1 is 1.12 bits per heavy atom. The van der Waals surface area contributed by atoms with E-state index in [4.69, 9.17) is 0 Å². The Hall–Kier alpha value is -0.290. The summed E-state index contributed by atoms with van der Waals surface area (Å²) in [6.45, 7) is 8.85. The first-order chi connectivity index (χ1) is 7.15. The highest BCUT2D eigenvalue weighted by molar-refractivity contribution is 4.88. The third-order valence-corrected chi connectivity index (χ3v) is 3.10. The molecule has 0 aliphatic rings. The molecular weight excluding hydrogens is 219 g/mol. The molecule has 0 aliphatic heterocycles. The summed E-state index contributed by atoms with van der Waals surface area (Å²) in [5, 5.41) is 9.83. The van der Waals surface area contributed by atoms with Crippen molar-refractivity contribution in [2.45, 2.75) is 58.4 Å². The lowest BCUT2D eigenvalue weighted by atomic mass is 9.91. The second kappa shape index (κ2) is 5.87. The number of alkyl halides is 3. The van der Waals surface area contributed by atoms with E-state index in [1.54, 1.807) is 13.8 Å². The minimum atomic E-state index is -4.19. The van der Waals surface area contributed by atoms with Gasteiger partial charge in [0, 0.05) is 12.0 Å². The van der Waals surface area contributed by atoms with Crippen molar-refractivity contribution in [3.05, 3.63) is 0 Å². The molecule has 0 amide bonds. The first kappa shape index (κ1) is 15.7. The second-order valence-electron chi connectivity index (χ2n) is 4.50. The Morgan fingerprint density at radius 2 is 1.56 bits per heavy atom. The second-order valence-corrected chi connectivity index (χ2v) is 4.50. The molecular formula is C11H22F3NO. The van der Waals surface area contributed by atoms with Crippen LogP contribution in [0.2, 0.25) is 0 Å². The van der Waals surface area contributed by atoms with E-state index in [1.807, 2.05) is 18.7 Å². The normalized spacial score (nSPS) is 15.6. The third-order valence-electron chi connectivity index (χ3n) is 3.10. The molecule has 0 heterocycles. The molecule has 0 aromatic carbocycles. The zero-order valence-electron chi connectivity index (χ0n) is 10.4. The molecule has 0 bridgehead atoms. The van der Waals surface area contributed by atoms with Crippen molar-refractivity contribution >= 4 is 0 Å². The van der Waals surface area contributed by atoms with Gasteiger partial charge in [-0.2, -0.15) is 13.2 Å². The van der Waals surface area contributed by atoms with Crippen LogP contribution < -0.4 is 0 Å². The van der Waals surface area contributed by atoms with E-state index < -0.39 is 24.2 Å². The number of aliphatic hydroxyl groups excluding tert-OH is 1. The van der Waals surface area contributed by atoms with Gasteiger partial charge in [-0.05, 0) is 33.4 Å². The molecule has 0 aliphatic carbocycles. The van der Waals surface area contributed by atoms with Gasteiger partial charge < -0.3 is 5.11 Å². The first-order valence-corrected chi connectivity index (χ1v) is 5.65. The van der Waals surface area contributed by atoms with E-state index in [0.717, 1.165) is 0 Å². The lowest BCUT2D eigenvalue weighted by molar-refractivity contribution is -0.144. The summed E-state index contributed by atoms with van der Waals surface area (Å²) in [5.41, 5.74) is -0.616. The van der Waals surface area contributed by atoms with Gasteiger partial charge in [-0.15, -0.1) is 0 Å². The van der Waals surface area contributed by atoms with Gasteiger partial charge in [0.1, 0.15) is 0 Å². The molecule has 2 nitrogen and oxygen atoms in total. The number of halogens is 3. The fourth-order valence-corrected chi connectivity index (χ4v) is 1.90. The van der Waals surface area contributed by atoms with Crippen molar-refractivity contribution in [3.8, 4) is 0 Å². The Balaban J connectivity index is 4.39. The fraction of sp³-hybridized carbons (Fsp3) is 1.00. The minimum absolute atomic E-state index is 0.243. The van der Waals surface area contributed by atoms with Crippen molar-refractivity contribution in [2.75, 3.05) is 13.1 Å². The molecule has 98 valence electrons. The van der Waals surface area contributed by atoms with E-state index in [0.29, 0.717) is 13.1 Å². The van der Waals surface area contributed by atoms with Crippen molar-refractivity contribution in [3.63, 3.8) is 0 Å². The maximum atomic E-state index is 12.0. The zero-order chi connectivity index (χ0) is 13.0. The Morgan fingerprint density at radius 3 is 1.88 bits per heavy atom. The number of hydrogen-bond acceptors (Lipinski definition) is 2. The average Bonchev–Trinajstić information content (AvgIpc) is 2.14. The monoisotopic (exact) mass is 241 g/mol. The molecule has 0 spiro atoms. The number of rotatable bonds is 6. The van der Waals surface area contributed by atoms with E-state index in [-0.39, 0.29) is 6.42 Å². The molecule has 1 atom stereocenters. The summed E-state index contributed by atoms with van der Waals surface area (Å²) >= 11 is 0. The summed E-state index contributed by atoms with van der Waals surface area (Å²) < 4.78 is 36.1. The van der Waals surface area contributed by atoms with Crippen LogP contribution in [-0.2, 0) is 0 Å². The van der Waals surface area contributed by atoms with Gasteiger partial charge in [0.15, 0.2) is 0 Å². The van der Waals surface area contributed by atoms with Crippen LogP contribution >= 0.6 is 0 Å². The third kappa shape index (κ3) is 4.70. The molecule has 1 unspecified atom stereocenters. The van der Waals surface area contributed by atoms with E-state index >= 15 is 0 Å². The molecule has 16 heavy (non-hydrogen) atoms. The summed E-state index contributed by atoms with van der Waals surface area (Å²) in [7, 11) is 0. The maximum absolute atomic E-state index is 12.0. The van der Waals surface area contributed by atoms with Crippen molar-refractivity contribution in [1.29, 1.82) is 0 Å². The minimum Gasteiger partial charge on any atom is -0.391 e. The molecule has 0 saturated carbocycles. The Bertz CT molecular complexity index is 200. The van der Waals surface area contributed by atoms with Crippen LogP contribution in [0.5, 0.6) is 0 Å². The largest absolute Gasteiger partial charge is 0.391 e. The van der Waals surface area contributed by atoms with Gasteiger partial charge in [0.05, 0.1) is 6.10 Å². The summed E-state index contributed by atoms with van der Waals surface area (Å²) in [4.78, 5) is 1.97. The van der Waals surface area contributed by atoms with Crippen LogP contribution in [0.1, 0.15) is 40.5 Å². The van der Waals surface area contributed by atoms with Gasteiger partial charge in [-0.3, -0.25) is 4.90 Å². The standard InChI is InChI=1S/C11H22F3NO/c1-5-15(6-2)10(3,4)9(16)7-8-11(12,13)14/h9,16H,5-8H2,1-4H3. The maximum Gasteiger partial charge on any atom is 0.389 e. The highest BCUT2D eigenvalue weighted by atomic mass is 19.4. The van der Waals surface area contributed by atoms with Crippen molar-refractivity contribution in [2.24, 2.45) is 0 Å². The molecule has 0 radical (unpaired) electrons. The van der Waals surface area contributed by atoms with Gasteiger partial charge in [0.25, 0.3) is 0 Å². The van der Waals surface area contributed by atoms with Crippen LogP contribution in [0, 0.1) is 0 Å². The number of aliphatic hydroxyl groups is 1. The fourth-order valence-electron chi connectivity index (χ4n) is 1.90. The zero-order valence-corrected chi connectivity index (χ0v) is 10.4. The molecule has 5 heteroatoms. The van der Waals surface area contributed by atoms with Crippen molar-refractivity contribution in [1.82, 2.24) is 4.90 Å². The topological polar surface area (TPSA) is 23.5 Å². The Labute approximate surface area is 95.4 Å². The lowest BCUT2D eigenvalue weighted by Crippen LogP contribution is -2.52. The molecule has 0 aromatic rings. The van der Waals surface area contributed by atoms with Crippen LogP contribution in [0.3, 0.4) is 0 Å². The molecule has 0 saturated heterocycles. The van der Waals surface area contributed by atoms with E-state index in [9.17, 15) is 18.3 Å². The molecule has 0 fully saturated rings. The predicted octanol–water partition coefficient (Wildman–Crippen LogP) is 2.81. The molecule has 0 aromatic heterocycles. The van der Waals surface area contributed by atoms with Gasteiger partial charge in [0.2, 0.25) is 0 Å². The smallest absolute Gasteiger partial charge is 0.389 e. The van der Waals surface area contributed by atoms with E-state index in [1.165, 1.54) is 0 Å². The Kier molecular flexibility index (Phi) is 5.76. The predicted molar refractivity (Wildman–Crippen MR) is 58.3 cm³/mol. The SMILES string of the molecule is CCN(CC)C(C)(C)C(O)CCC(F)(F)F. The van der Waals surface area contributed by atoms with Gasteiger partial charge >= 0.3 is 6.18 Å². The lowest BCUT2D eigenvalue weighted by Gasteiger charge is -2.41. The van der Waals surface area contributed by atoms with Gasteiger partial charge in [-0.25, -0.2) is 0 Å². The van der Waals surface area contributed by atoms with Crippen LogP contribution in [0.4, 0.5) is 13.2 Å². The van der Waals surface area contributed by atoms with E-state index in [2.05, 4.69) is 0 Å². The molecule has 1 N–H and O–H groups in total. The van der Waals surface area contributed by atoms with Crippen LogP contribution in [-0.4, -0.2) is 40.9 Å². The number of hydrogen-bond donors (Lipinski definition) is 1. The van der Waals surface area contributed by atoms with Crippen LogP contribution in [0.25, 0.3) is 0 Å². The van der Waals surface area contributed by atoms with Crippen molar-refractivity contribution < 1.29 is 18.3 Å². The summed E-state index contributed by atoms with van der Waals surface area (Å²) in [6, 6.07) is 0. The first-order valence-electron chi connectivity index (χ1n) is 5.65. The van der Waals surface area contributed by atoms with Gasteiger partial charge in [-0.1, -0.05) is 13.8 Å². The summed E-state index contributed by atoms with van der Waals surface area (Å²) in [6.07, 6.45) is -6.33. The van der Waals surface area contributed by atoms with Crippen LogP contribution in [0.15, 0.2) is 0 Å². The quantitative estimate of drug-likeness (QED) is 0.773. The highest BCUT2D eigenvalue weighted by Gasteiger charge is 2.36. The molecule has 0 rings (SSSR count). The summed E-state index contributed by atoms with van der Waals surface area (Å²) in [5.74, 6) is 0. The highest BCUT2D eigenvalue weighted by Crippen LogP contribution is 2.27.